The zero-order valence-corrected chi connectivity index (χ0v) is 9.90. The number of amides is 1. The second-order valence-corrected chi connectivity index (χ2v) is 4.60. The van der Waals surface area contributed by atoms with Gasteiger partial charge in [0.05, 0.1) is 0 Å². The number of rotatable bonds is 3. The smallest absolute Gasteiger partial charge is 0.411 e. The highest BCUT2D eigenvalue weighted by atomic mass is 16.6. The van der Waals surface area contributed by atoms with Crippen LogP contribution in [0.15, 0.2) is 0 Å². The molecule has 0 rings (SSSR count). The number of hydrogen-bond donors (Lipinski definition) is 1. The molecule has 1 N–H and O–H groups in total. The van der Waals surface area contributed by atoms with Crippen molar-refractivity contribution in [3.05, 3.63) is 0 Å². The average Bonchev–Trinajstić information content (AvgIpc) is 1.95. The quantitative estimate of drug-likeness (QED) is 0.781. The van der Waals surface area contributed by atoms with E-state index < -0.39 is 17.7 Å². The van der Waals surface area contributed by atoms with Crippen molar-refractivity contribution < 1.29 is 19.4 Å². The van der Waals surface area contributed by atoms with E-state index in [1.165, 1.54) is 4.90 Å². The van der Waals surface area contributed by atoms with Crippen LogP contribution in [0.25, 0.3) is 0 Å². The van der Waals surface area contributed by atoms with Crippen LogP contribution < -0.4 is 0 Å². The lowest BCUT2D eigenvalue weighted by Crippen LogP contribution is -2.43. The monoisotopic (exact) mass is 217 g/mol. The lowest BCUT2D eigenvalue weighted by Gasteiger charge is -2.28. The molecule has 0 saturated heterocycles. The molecule has 0 aliphatic rings. The number of ether oxygens (including phenoxy) is 1. The fourth-order valence-corrected chi connectivity index (χ4v) is 0.924. The van der Waals surface area contributed by atoms with E-state index in [4.69, 9.17) is 9.84 Å². The van der Waals surface area contributed by atoms with Crippen molar-refractivity contribution >= 4 is 12.1 Å². The Morgan fingerprint density at radius 1 is 1.33 bits per heavy atom. The Kier molecular flexibility index (Phi) is 4.58. The van der Waals surface area contributed by atoms with E-state index in [0.29, 0.717) is 0 Å². The maximum absolute atomic E-state index is 11.6. The molecule has 0 radical (unpaired) electrons. The van der Waals surface area contributed by atoms with Crippen LogP contribution in [0.1, 0.15) is 34.6 Å². The van der Waals surface area contributed by atoms with Crippen LogP contribution in [0, 0.1) is 0 Å². The molecular formula is C10H19NO4. The maximum Gasteiger partial charge on any atom is 0.411 e. The van der Waals surface area contributed by atoms with Gasteiger partial charge in [-0.3, -0.25) is 9.69 Å². The molecule has 5 nitrogen and oxygen atoms in total. The number of carbonyl (C=O) groups is 2. The summed E-state index contributed by atoms with van der Waals surface area (Å²) in [6.45, 7) is 8.37. The molecule has 0 saturated carbocycles. The van der Waals surface area contributed by atoms with Gasteiger partial charge in [0.2, 0.25) is 0 Å². The Hall–Kier alpha value is -1.26. The number of aliphatic carboxylic acids is 1. The lowest BCUT2D eigenvalue weighted by atomic mass is 10.2. The van der Waals surface area contributed by atoms with Crippen LogP contribution in [0.4, 0.5) is 4.79 Å². The van der Waals surface area contributed by atoms with E-state index >= 15 is 0 Å². The summed E-state index contributed by atoms with van der Waals surface area (Å²) in [5, 5.41) is 8.63. The van der Waals surface area contributed by atoms with Crippen LogP contribution in [-0.2, 0) is 9.53 Å². The molecule has 0 aromatic heterocycles. The Morgan fingerprint density at radius 3 is 2.07 bits per heavy atom. The van der Waals surface area contributed by atoms with Crippen molar-refractivity contribution in [1.29, 1.82) is 0 Å². The standard InChI is InChI=1S/C10H19NO4/c1-7(2)11(6-8(12)13)9(14)15-10(3,4)5/h7H,6H2,1-5H3,(H,12,13). The number of carboxylic acids is 1. The van der Waals surface area contributed by atoms with E-state index in [2.05, 4.69) is 0 Å². The van der Waals surface area contributed by atoms with Crippen molar-refractivity contribution in [3.8, 4) is 0 Å². The predicted octanol–water partition coefficient (Wildman–Crippen LogP) is 1.72. The first-order valence-corrected chi connectivity index (χ1v) is 4.85. The maximum atomic E-state index is 11.6. The third kappa shape index (κ3) is 5.93. The van der Waals surface area contributed by atoms with Crippen molar-refractivity contribution in [3.63, 3.8) is 0 Å². The minimum absolute atomic E-state index is 0.198. The Labute approximate surface area is 90.0 Å². The minimum Gasteiger partial charge on any atom is -0.480 e. The summed E-state index contributed by atoms with van der Waals surface area (Å²) in [5.41, 5.74) is -0.608. The molecule has 88 valence electrons. The number of hydrogen-bond acceptors (Lipinski definition) is 3. The van der Waals surface area contributed by atoms with Crippen LogP contribution >= 0.6 is 0 Å². The zero-order chi connectivity index (χ0) is 12.2. The zero-order valence-electron chi connectivity index (χ0n) is 9.90. The molecule has 5 heteroatoms. The minimum atomic E-state index is -1.05. The van der Waals surface area contributed by atoms with Crippen LogP contribution in [0.5, 0.6) is 0 Å². The van der Waals surface area contributed by atoms with Gasteiger partial charge < -0.3 is 9.84 Å². The summed E-state index contributed by atoms with van der Waals surface area (Å²) in [5.74, 6) is -1.05. The second-order valence-electron chi connectivity index (χ2n) is 4.60. The largest absolute Gasteiger partial charge is 0.480 e. The van der Waals surface area contributed by atoms with E-state index in [9.17, 15) is 9.59 Å². The number of carbonyl (C=O) groups excluding carboxylic acids is 1. The molecule has 15 heavy (non-hydrogen) atoms. The van der Waals surface area contributed by atoms with Crippen LogP contribution in [-0.4, -0.2) is 40.3 Å². The first kappa shape index (κ1) is 13.7. The van der Waals surface area contributed by atoms with Crippen molar-refractivity contribution in [1.82, 2.24) is 4.90 Å². The van der Waals surface area contributed by atoms with Crippen molar-refractivity contribution in [2.75, 3.05) is 6.54 Å². The van der Waals surface area contributed by atoms with Gasteiger partial charge in [-0.25, -0.2) is 4.79 Å². The van der Waals surface area contributed by atoms with Gasteiger partial charge in [-0.2, -0.15) is 0 Å². The van der Waals surface area contributed by atoms with Gasteiger partial charge in [0.15, 0.2) is 0 Å². The molecule has 0 atom stereocenters. The molecule has 0 aliphatic heterocycles. The molecule has 0 aromatic rings. The molecule has 0 fully saturated rings. The van der Waals surface area contributed by atoms with Gasteiger partial charge in [-0.1, -0.05) is 0 Å². The Morgan fingerprint density at radius 2 is 1.80 bits per heavy atom. The molecule has 0 aliphatic carbocycles. The summed E-state index contributed by atoms with van der Waals surface area (Å²) >= 11 is 0. The summed E-state index contributed by atoms with van der Waals surface area (Å²) in [6, 6.07) is -0.198. The summed E-state index contributed by atoms with van der Waals surface area (Å²) in [7, 11) is 0. The van der Waals surface area contributed by atoms with Gasteiger partial charge in [0.1, 0.15) is 12.1 Å². The third-order valence-electron chi connectivity index (χ3n) is 1.56. The Balaban J connectivity index is 4.50. The molecule has 1 amide bonds. The topological polar surface area (TPSA) is 66.8 Å². The van der Waals surface area contributed by atoms with E-state index in [-0.39, 0.29) is 12.6 Å². The third-order valence-corrected chi connectivity index (χ3v) is 1.56. The van der Waals surface area contributed by atoms with Crippen molar-refractivity contribution in [2.24, 2.45) is 0 Å². The molecular weight excluding hydrogens is 198 g/mol. The van der Waals surface area contributed by atoms with Gasteiger partial charge in [0, 0.05) is 6.04 Å². The van der Waals surface area contributed by atoms with Crippen molar-refractivity contribution in [2.45, 2.75) is 46.3 Å². The van der Waals surface area contributed by atoms with Crippen LogP contribution in [0.2, 0.25) is 0 Å². The number of carboxylic acid groups (broad SMARTS) is 1. The Bertz CT molecular complexity index is 242. The van der Waals surface area contributed by atoms with Gasteiger partial charge >= 0.3 is 12.1 Å². The predicted molar refractivity (Wildman–Crippen MR) is 55.7 cm³/mol. The lowest BCUT2D eigenvalue weighted by molar-refractivity contribution is -0.138. The summed E-state index contributed by atoms with van der Waals surface area (Å²) < 4.78 is 5.09. The molecule has 0 heterocycles. The first-order chi connectivity index (χ1) is 6.63. The molecule has 0 unspecified atom stereocenters. The van der Waals surface area contributed by atoms with Gasteiger partial charge in [0.25, 0.3) is 0 Å². The fourth-order valence-electron chi connectivity index (χ4n) is 0.924. The average molecular weight is 217 g/mol. The first-order valence-electron chi connectivity index (χ1n) is 4.85. The van der Waals surface area contributed by atoms with Crippen LogP contribution in [0.3, 0.4) is 0 Å². The SMILES string of the molecule is CC(C)N(CC(=O)O)C(=O)OC(C)(C)C. The summed E-state index contributed by atoms with van der Waals surface area (Å²) in [6.07, 6.45) is -0.597. The molecule has 0 aromatic carbocycles. The fraction of sp³-hybridized carbons (Fsp3) is 0.800. The number of nitrogens with zero attached hydrogens (tertiary/aromatic N) is 1. The van der Waals surface area contributed by atoms with Gasteiger partial charge in [-0.15, -0.1) is 0 Å². The second kappa shape index (κ2) is 5.00. The highest BCUT2D eigenvalue weighted by Crippen LogP contribution is 2.11. The van der Waals surface area contributed by atoms with E-state index in [1.54, 1.807) is 34.6 Å². The normalized spacial score (nSPS) is 11.3. The highest BCUT2D eigenvalue weighted by Gasteiger charge is 2.25. The molecule has 0 bridgehead atoms. The molecule has 0 spiro atoms. The van der Waals surface area contributed by atoms with E-state index in [1.807, 2.05) is 0 Å². The summed E-state index contributed by atoms with van der Waals surface area (Å²) in [4.78, 5) is 23.3. The van der Waals surface area contributed by atoms with Gasteiger partial charge in [-0.05, 0) is 34.6 Å². The van der Waals surface area contributed by atoms with E-state index in [0.717, 1.165) is 0 Å². The highest BCUT2D eigenvalue weighted by molar-refractivity contribution is 5.77.